The van der Waals surface area contributed by atoms with E-state index in [0.717, 1.165) is 25.7 Å². The molecule has 0 aromatic carbocycles. The van der Waals surface area contributed by atoms with Crippen molar-refractivity contribution in [3.05, 3.63) is 0 Å². The predicted octanol–water partition coefficient (Wildman–Crippen LogP) is 7.41. The van der Waals surface area contributed by atoms with Crippen molar-refractivity contribution in [2.75, 3.05) is 6.61 Å². The molecule has 3 heteroatoms. The van der Waals surface area contributed by atoms with E-state index in [2.05, 4.69) is 13.8 Å². The summed E-state index contributed by atoms with van der Waals surface area (Å²) in [6.45, 7) is 6.28. The zero-order valence-corrected chi connectivity index (χ0v) is 18.5. The van der Waals surface area contributed by atoms with E-state index in [1.54, 1.807) is 0 Å². The molecule has 0 aliphatic carbocycles. The van der Waals surface area contributed by atoms with Gasteiger partial charge in [-0.3, -0.25) is 9.59 Å². The Balaban J connectivity index is 3.50. The molecule has 0 rings (SSSR count). The van der Waals surface area contributed by atoms with Gasteiger partial charge >= 0.3 is 5.97 Å². The predicted molar refractivity (Wildman–Crippen MR) is 115 cm³/mol. The summed E-state index contributed by atoms with van der Waals surface area (Å²) in [5.41, 5.74) is 0. The van der Waals surface area contributed by atoms with E-state index in [1.165, 1.54) is 84.0 Å². The largest absolute Gasteiger partial charge is 0.465 e. The summed E-state index contributed by atoms with van der Waals surface area (Å²) in [7, 11) is 0. The third-order valence-corrected chi connectivity index (χ3v) is 5.36. The van der Waals surface area contributed by atoms with Gasteiger partial charge in [0.05, 0.1) is 6.61 Å². The standard InChI is InChI=1S/C24H46O3/c1-4-6-8-9-10-11-12-13-14-15-16-17-18-19-20-23(22(3)25)24(26)27-21-7-5-2/h23H,4-21H2,1-3H3. The third-order valence-electron chi connectivity index (χ3n) is 5.36. The highest BCUT2D eigenvalue weighted by molar-refractivity contribution is 5.97. The molecule has 0 fully saturated rings. The van der Waals surface area contributed by atoms with E-state index in [-0.39, 0.29) is 11.8 Å². The van der Waals surface area contributed by atoms with Crippen LogP contribution in [0.4, 0.5) is 0 Å². The number of carbonyl (C=O) groups is 2. The van der Waals surface area contributed by atoms with Crippen molar-refractivity contribution >= 4 is 11.8 Å². The second-order valence-corrected chi connectivity index (χ2v) is 8.07. The molecular weight excluding hydrogens is 336 g/mol. The summed E-state index contributed by atoms with van der Waals surface area (Å²) < 4.78 is 5.22. The van der Waals surface area contributed by atoms with Gasteiger partial charge in [0, 0.05) is 0 Å². The lowest BCUT2D eigenvalue weighted by Crippen LogP contribution is -2.24. The van der Waals surface area contributed by atoms with Crippen LogP contribution in [0.25, 0.3) is 0 Å². The summed E-state index contributed by atoms with van der Waals surface area (Å²) in [6, 6.07) is 0. The highest BCUT2D eigenvalue weighted by Gasteiger charge is 2.24. The van der Waals surface area contributed by atoms with Crippen molar-refractivity contribution in [2.45, 2.75) is 130 Å². The molecule has 0 radical (unpaired) electrons. The summed E-state index contributed by atoms with van der Waals surface area (Å²) >= 11 is 0. The van der Waals surface area contributed by atoms with Crippen LogP contribution < -0.4 is 0 Å². The monoisotopic (exact) mass is 382 g/mol. The molecule has 1 atom stereocenters. The zero-order chi connectivity index (χ0) is 20.2. The van der Waals surface area contributed by atoms with Crippen molar-refractivity contribution < 1.29 is 14.3 Å². The molecule has 0 aromatic heterocycles. The molecule has 3 nitrogen and oxygen atoms in total. The molecule has 0 spiro atoms. The van der Waals surface area contributed by atoms with Gasteiger partial charge in [-0.05, 0) is 19.8 Å². The van der Waals surface area contributed by atoms with Crippen LogP contribution in [0.3, 0.4) is 0 Å². The number of unbranched alkanes of at least 4 members (excludes halogenated alkanes) is 14. The van der Waals surface area contributed by atoms with Crippen molar-refractivity contribution in [2.24, 2.45) is 5.92 Å². The van der Waals surface area contributed by atoms with Crippen LogP contribution in [0, 0.1) is 5.92 Å². The van der Waals surface area contributed by atoms with Crippen LogP contribution in [-0.4, -0.2) is 18.4 Å². The first kappa shape index (κ1) is 26.1. The van der Waals surface area contributed by atoms with Crippen LogP contribution in [0.1, 0.15) is 130 Å². The first-order chi connectivity index (χ1) is 13.1. The third kappa shape index (κ3) is 17.0. The second-order valence-electron chi connectivity index (χ2n) is 8.07. The van der Waals surface area contributed by atoms with Crippen molar-refractivity contribution in [1.82, 2.24) is 0 Å². The zero-order valence-electron chi connectivity index (χ0n) is 18.5. The van der Waals surface area contributed by atoms with Crippen molar-refractivity contribution in [3.63, 3.8) is 0 Å². The van der Waals surface area contributed by atoms with E-state index in [1.807, 2.05) is 0 Å². The van der Waals surface area contributed by atoms with Crippen LogP contribution in [-0.2, 0) is 14.3 Å². The number of ketones is 1. The number of hydrogen-bond donors (Lipinski definition) is 0. The first-order valence-electron chi connectivity index (χ1n) is 11.8. The van der Waals surface area contributed by atoms with Gasteiger partial charge in [-0.2, -0.15) is 0 Å². The van der Waals surface area contributed by atoms with Crippen molar-refractivity contribution in [3.8, 4) is 0 Å². The summed E-state index contributed by atoms with van der Waals surface area (Å²) in [5.74, 6) is -0.906. The van der Waals surface area contributed by atoms with Gasteiger partial charge in [0.15, 0.2) is 0 Å². The lowest BCUT2D eigenvalue weighted by Gasteiger charge is -2.13. The molecule has 27 heavy (non-hydrogen) atoms. The molecule has 160 valence electrons. The van der Waals surface area contributed by atoms with Crippen LogP contribution in [0.2, 0.25) is 0 Å². The minimum absolute atomic E-state index is 0.0498. The fourth-order valence-electron chi connectivity index (χ4n) is 3.45. The minimum Gasteiger partial charge on any atom is -0.465 e. The number of hydrogen-bond acceptors (Lipinski definition) is 3. The topological polar surface area (TPSA) is 43.4 Å². The molecule has 1 unspecified atom stereocenters. The molecule has 0 bridgehead atoms. The smallest absolute Gasteiger partial charge is 0.316 e. The van der Waals surface area contributed by atoms with E-state index in [0.29, 0.717) is 13.0 Å². The molecule has 0 N–H and O–H groups in total. The summed E-state index contributed by atoms with van der Waals surface area (Å²) in [4.78, 5) is 23.7. The van der Waals surface area contributed by atoms with E-state index < -0.39 is 5.92 Å². The number of esters is 1. The minimum atomic E-state index is -0.542. The molecule has 0 aromatic rings. The van der Waals surface area contributed by atoms with E-state index >= 15 is 0 Å². The van der Waals surface area contributed by atoms with Gasteiger partial charge in [0.25, 0.3) is 0 Å². The van der Waals surface area contributed by atoms with Crippen molar-refractivity contribution in [1.29, 1.82) is 0 Å². The Morgan fingerprint density at radius 3 is 1.44 bits per heavy atom. The van der Waals surface area contributed by atoms with Crippen LogP contribution >= 0.6 is 0 Å². The summed E-state index contributed by atoms with van der Waals surface area (Å²) in [5, 5.41) is 0. The average Bonchev–Trinajstić information content (AvgIpc) is 2.64. The Labute approximate surface area is 169 Å². The lowest BCUT2D eigenvalue weighted by atomic mass is 9.97. The maximum absolute atomic E-state index is 12.0. The molecule has 0 amide bonds. The molecule has 0 saturated heterocycles. The number of ether oxygens (including phenoxy) is 1. The highest BCUT2D eigenvalue weighted by atomic mass is 16.5. The Hall–Kier alpha value is -0.860. The Morgan fingerprint density at radius 2 is 1.04 bits per heavy atom. The van der Waals surface area contributed by atoms with Gasteiger partial charge in [0.2, 0.25) is 0 Å². The van der Waals surface area contributed by atoms with Crippen LogP contribution in [0.5, 0.6) is 0 Å². The van der Waals surface area contributed by atoms with Gasteiger partial charge in [-0.25, -0.2) is 0 Å². The normalized spacial score (nSPS) is 12.1. The summed E-state index contributed by atoms with van der Waals surface area (Å²) in [6.07, 6.45) is 20.9. The molecule has 0 aliphatic rings. The fraction of sp³-hybridized carbons (Fsp3) is 0.917. The van der Waals surface area contributed by atoms with Gasteiger partial charge in [-0.1, -0.05) is 110 Å². The van der Waals surface area contributed by atoms with Gasteiger partial charge in [0.1, 0.15) is 11.7 Å². The first-order valence-corrected chi connectivity index (χ1v) is 11.8. The Morgan fingerprint density at radius 1 is 0.630 bits per heavy atom. The SMILES string of the molecule is CCCCCCCCCCCCCCCCC(C(C)=O)C(=O)OCCCC. The van der Waals surface area contributed by atoms with E-state index in [9.17, 15) is 9.59 Å². The fourth-order valence-corrected chi connectivity index (χ4v) is 3.45. The average molecular weight is 383 g/mol. The maximum atomic E-state index is 12.0. The number of Topliss-reactive ketones (excluding diaryl/α,β-unsaturated/α-hetero) is 1. The van der Waals surface area contributed by atoms with E-state index in [4.69, 9.17) is 4.74 Å². The quantitative estimate of drug-likeness (QED) is 0.125. The van der Waals surface area contributed by atoms with Gasteiger partial charge < -0.3 is 4.74 Å². The molecule has 0 saturated carbocycles. The van der Waals surface area contributed by atoms with Crippen LogP contribution in [0.15, 0.2) is 0 Å². The molecular formula is C24H46O3. The molecule has 0 heterocycles. The highest BCUT2D eigenvalue weighted by Crippen LogP contribution is 2.16. The van der Waals surface area contributed by atoms with Gasteiger partial charge in [-0.15, -0.1) is 0 Å². The lowest BCUT2D eigenvalue weighted by molar-refractivity contribution is -0.152. The maximum Gasteiger partial charge on any atom is 0.316 e. The second kappa shape index (κ2) is 19.9. The number of rotatable bonds is 20. The molecule has 0 aliphatic heterocycles. The Bertz CT molecular complexity index is 352. The Kier molecular flexibility index (Phi) is 19.3. The number of carbonyl (C=O) groups excluding carboxylic acids is 2.